The standard InChI is InChI=1S/C9H18N2O4/c1-6(2)5-15-11(9(10)13)7(3)8(12)14-4/h6-7H,5H2,1-4H3,(H2,10,13). The van der Waals surface area contributed by atoms with Gasteiger partial charge in [0.05, 0.1) is 13.7 Å². The number of amides is 2. The Bertz CT molecular complexity index is 230. The molecule has 0 aromatic rings. The van der Waals surface area contributed by atoms with Gasteiger partial charge in [-0.3, -0.25) is 4.84 Å². The van der Waals surface area contributed by atoms with Crippen molar-refractivity contribution in [2.75, 3.05) is 13.7 Å². The summed E-state index contributed by atoms with van der Waals surface area (Å²) in [6, 6.07) is -1.65. The van der Waals surface area contributed by atoms with Crippen LogP contribution in [0.4, 0.5) is 4.79 Å². The Morgan fingerprint density at radius 1 is 1.33 bits per heavy atom. The molecule has 0 saturated heterocycles. The van der Waals surface area contributed by atoms with Gasteiger partial charge in [-0.05, 0) is 12.8 Å². The number of ether oxygens (including phenoxy) is 1. The number of nitrogens with two attached hydrogens (primary N) is 1. The summed E-state index contributed by atoms with van der Waals surface area (Å²) in [5.41, 5.74) is 5.07. The number of nitrogens with zero attached hydrogens (tertiary/aromatic N) is 1. The van der Waals surface area contributed by atoms with E-state index in [4.69, 9.17) is 10.6 Å². The van der Waals surface area contributed by atoms with E-state index in [1.807, 2.05) is 13.8 Å². The largest absolute Gasteiger partial charge is 0.467 e. The molecule has 0 aromatic carbocycles. The maximum atomic E-state index is 11.2. The van der Waals surface area contributed by atoms with E-state index in [1.165, 1.54) is 14.0 Å². The molecule has 0 fully saturated rings. The Labute approximate surface area is 89.3 Å². The van der Waals surface area contributed by atoms with Gasteiger partial charge in [-0.25, -0.2) is 9.59 Å². The number of hydroxylamine groups is 2. The van der Waals surface area contributed by atoms with Crippen LogP contribution in [-0.4, -0.2) is 36.8 Å². The molecule has 0 aliphatic rings. The fourth-order valence-corrected chi connectivity index (χ4v) is 0.862. The van der Waals surface area contributed by atoms with Crippen molar-refractivity contribution in [2.24, 2.45) is 11.7 Å². The van der Waals surface area contributed by atoms with Crippen molar-refractivity contribution in [3.05, 3.63) is 0 Å². The van der Waals surface area contributed by atoms with Gasteiger partial charge in [-0.2, -0.15) is 5.06 Å². The van der Waals surface area contributed by atoms with Crippen LogP contribution in [0.15, 0.2) is 0 Å². The third-order valence-electron chi connectivity index (χ3n) is 1.66. The van der Waals surface area contributed by atoms with Crippen LogP contribution in [0.5, 0.6) is 0 Å². The number of hydrogen-bond donors (Lipinski definition) is 1. The highest BCUT2D eigenvalue weighted by Gasteiger charge is 2.26. The summed E-state index contributed by atoms with van der Waals surface area (Å²) in [7, 11) is 1.24. The summed E-state index contributed by atoms with van der Waals surface area (Å²) in [6.45, 7) is 5.63. The molecule has 0 aromatic heterocycles. The maximum absolute atomic E-state index is 11.2. The van der Waals surface area contributed by atoms with Crippen LogP contribution >= 0.6 is 0 Å². The molecule has 2 N–H and O–H groups in total. The molecule has 2 amide bonds. The average molecular weight is 218 g/mol. The average Bonchev–Trinajstić information content (AvgIpc) is 2.15. The quantitative estimate of drug-likeness (QED) is 0.538. The number of primary amides is 1. The van der Waals surface area contributed by atoms with Gasteiger partial charge in [0.2, 0.25) is 0 Å². The van der Waals surface area contributed by atoms with Gasteiger partial charge >= 0.3 is 12.0 Å². The highest BCUT2D eigenvalue weighted by Crippen LogP contribution is 2.04. The zero-order valence-electron chi connectivity index (χ0n) is 9.52. The van der Waals surface area contributed by atoms with Crippen molar-refractivity contribution in [1.29, 1.82) is 0 Å². The van der Waals surface area contributed by atoms with Gasteiger partial charge in [-0.15, -0.1) is 0 Å². The number of carbonyl (C=O) groups excluding carboxylic acids is 2. The molecule has 6 nitrogen and oxygen atoms in total. The van der Waals surface area contributed by atoms with Crippen molar-refractivity contribution >= 4 is 12.0 Å². The molecule has 0 heterocycles. The van der Waals surface area contributed by atoms with Crippen LogP contribution in [0, 0.1) is 5.92 Å². The maximum Gasteiger partial charge on any atom is 0.339 e. The second-order valence-corrected chi connectivity index (χ2v) is 3.55. The molecule has 1 atom stereocenters. The SMILES string of the molecule is COC(=O)C(C)N(OCC(C)C)C(N)=O. The molecule has 0 radical (unpaired) electrons. The highest BCUT2D eigenvalue weighted by atomic mass is 16.7. The molecular weight excluding hydrogens is 200 g/mol. The van der Waals surface area contributed by atoms with Crippen molar-refractivity contribution in [3.63, 3.8) is 0 Å². The summed E-state index contributed by atoms with van der Waals surface area (Å²) in [4.78, 5) is 27.2. The monoisotopic (exact) mass is 218 g/mol. The van der Waals surface area contributed by atoms with Gasteiger partial charge < -0.3 is 10.5 Å². The molecule has 0 bridgehead atoms. The fraction of sp³-hybridized carbons (Fsp3) is 0.778. The van der Waals surface area contributed by atoms with Crippen LogP contribution in [0.3, 0.4) is 0 Å². The Morgan fingerprint density at radius 2 is 1.87 bits per heavy atom. The lowest BCUT2D eigenvalue weighted by Gasteiger charge is -2.25. The van der Waals surface area contributed by atoms with Crippen molar-refractivity contribution in [3.8, 4) is 0 Å². The van der Waals surface area contributed by atoms with E-state index in [2.05, 4.69) is 4.74 Å². The number of methoxy groups -OCH3 is 1. The first-order valence-electron chi connectivity index (χ1n) is 4.69. The number of hydrogen-bond acceptors (Lipinski definition) is 4. The highest BCUT2D eigenvalue weighted by molar-refractivity contribution is 5.81. The minimum Gasteiger partial charge on any atom is -0.467 e. The molecule has 0 saturated carbocycles. The lowest BCUT2D eigenvalue weighted by atomic mass is 10.2. The zero-order chi connectivity index (χ0) is 12.0. The van der Waals surface area contributed by atoms with E-state index in [-0.39, 0.29) is 5.92 Å². The zero-order valence-corrected chi connectivity index (χ0v) is 9.52. The van der Waals surface area contributed by atoms with E-state index in [1.54, 1.807) is 0 Å². The van der Waals surface area contributed by atoms with E-state index < -0.39 is 18.0 Å². The first-order valence-corrected chi connectivity index (χ1v) is 4.69. The summed E-state index contributed by atoms with van der Waals surface area (Å²) < 4.78 is 4.48. The Balaban J connectivity index is 4.38. The van der Waals surface area contributed by atoms with Crippen LogP contribution < -0.4 is 5.73 Å². The van der Waals surface area contributed by atoms with Crippen molar-refractivity contribution in [2.45, 2.75) is 26.8 Å². The Hall–Kier alpha value is -1.30. The molecule has 0 aliphatic carbocycles. The molecule has 1 unspecified atom stereocenters. The fourth-order valence-electron chi connectivity index (χ4n) is 0.862. The Morgan fingerprint density at radius 3 is 2.20 bits per heavy atom. The number of carbonyl (C=O) groups is 2. The number of esters is 1. The van der Waals surface area contributed by atoms with E-state index >= 15 is 0 Å². The van der Waals surface area contributed by atoms with Gasteiger partial charge in [0.15, 0.2) is 6.04 Å². The van der Waals surface area contributed by atoms with E-state index in [0.717, 1.165) is 5.06 Å². The number of urea groups is 1. The summed E-state index contributed by atoms with van der Waals surface area (Å²) >= 11 is 0. The van der Waals surface area contributed by atoms with Crippen LogP contribution in [-0.2, 0) is 14.4 Å². The van der Waals surface area contributed by atoms with Crippen molar-refractivity contribution < 1.29 is 19.2 Å². The molecule has 0 spiro atoms. The van der Waals surface area contributed by atoms with Gasteiger partial charge in [0, 0.05) is 0 Å². The number of rotatable bonds is 5. The lowest BCUT2D eigenvalue weighted by molar-refractivity contribution is -0.176. The third-order valence-corrected chi connectivity index (χ3v) is 1.66. The molecule has 0 aliphatic heterocycles. The first kappa shape index (κ1) is 13.7. The molecular formula is C9H18N2O4. The van der Waals surface area contributed by atoms with Crippen LogP contribution in [0.1, 0.15) is 20.8 Å². The second kappa shape index (κ2) is 6.23. The smallest absolute Gasteiger partial charge is 0.339 e. The third kappa shape index (κ3) is 4.64. The molecule has 0 rings (SSSR count). The Kier molecular flexibility index (Phi) is 5.69. The summed E-state index contributed by atoms with van der Waals surface area (Å²) in [5.74, 6) is -0.339. The minimum absolute atomic E-state index is 0.233. The van der Waals surface area contributed by atoms with Crippen LogP contribution in [0.25, 0.3) is 0 Å². The lowest BCUT2D eigenvalue weighted by Crippen LogP contribution is -2.46. The minimum atomic E-state index is -0.841. The van der Waals surface area contributed by atoms with Gasteiger partial charge in [-0.1, -0.05) is 13.8 Å². The molecule has 88 valence electrons. The molecule has 6 heteroatoms. The van der Waals surface area contributed by atoms with Crippen molar-refractivity contribution in [1.82, 2.24) is 5.06 Å². The molecule has 15 heavy (non-hydrogen) atoms. The topological polar surface area (TPSA) is 81.9 Å². The second-order valence-electron chi connectivity index (χ2n) is 3.55. The predicted octanol–water partition coefficient (Wildman–Crippen LogP) is 0.516. The van der Waals surface area contributed by atoms with Gasteiger partial charge in [0.1, 0.15) is 0 Å². The first-order chi connectivity index (χ1) is 6.90. The van der Waals surface area contributed by atoms with E-state index in [0.29, 0.717) is 6.61 Å². The van der Waals surface area contributed by atoms with E-state index in [9.17, 15) is 9.59 Å². The predicted molar refractivity (Wildman–Crippen MR) is 53.7 cm³/mol. The summed E-state index contributed by atoms with van der Waals surface area (Å²) in [5, 5.41) is 0.825. The normalized spacial score (nSPS) is 12.3. The summed E-state index contributed by atoms with van der Waals surface area (Å²) in [6.07, 6.45) is 0. The van der Waals surface area contributed by atoms with Gasteiger partial charge in [0.25, 0.3) is 0 Å². The van der Waals surface area contributed by atoms with Crippen LogP contribution in [0.2, 0.25) is 0 Å².